The number of rotatable bonds is 2. The van der Waals surface area contributed by atoms with Crippen molar-refractivity contribution in [2.75, 3.05) is 5.32 Å². The van der Waals surface area contributed by atoms with Gasteiger partial charge >= 0.3 is 6.03 Å². The third-order valence-corrected chi connectivity index (χ3v) is 5.25. The Bertz CT molecular complexity index is 749. The summed E-state index contributed by atoms with van der Waals surface area (Å²) in [4.78, 5) is 14.7. The van der Waals surface area contributed by atoms with E-state index in [9.17, 15) is 4.79 Å². The monoisotopic (exact) mass is 322 g/mol. The van der Waals surface area contributed by atoms with Crippen LogP contribution in [0.2, 0.25) is 0 Å². The average Bonchev–Trinajstić information content (AvgIpc) is 2.57. The van der Waals surface area contributed by atoms with Gasteiger partial charge in [0.1, 0.15) is 0 Å². The molecule has 5 nitrogen and oxygen atoms in total. The van der Waals surface area contributed by atoms with Gasteiger partial charge < -0.3 is 10.2 Å². The minimum absolute atomic E-state index is 0.0251. The summed E-state index contributed by atoms with van der Waals surface area (Å²) in [7, 11) is 0. The Balaban J connectivity index is 1.52. The van der Waals surface area contributed by atoms with E-state index < -0.39 is 0 Å². The molecule has 2 aromatic rings. The molecule has 5 heteroatoms. The molecule has 1 aromatic heterocycles. The van der Waals surface area contributed by atoms with Gasteiger partial charge in [-0.05, 0) is 61.9 Å². The van der Waals surface area contributed by atoms with Crippen LogP contribution in [0, 0.1) is 12.8 Å². The van der Waals surface area contributed by atoms with Gasteiger partial charge in [0.2, 0.25) is 0 Å². The number of hydrogen-bond donors (Lipinski definition) is 1. The number of carbonyl (C=O) groups is 1. The molecule has 0 saturated carbocycles. The van der Waals surface area contributed by atoms with Crippen molar-refractivity contribution in [1.82, 2.24) is 15.1 Å². The van der Waals surface area contributed by atoms with Gasteiger partial charge in [-0.1, -0.05) is 13.0 Å². The molecule has 2 amide bonds. The Morgan fingerprint density at radius 3 is 2.71 bits per heavy atom. The third-order valence-electron chi connectivity index (χ3n) is 5.25. The summed E-state index contributed by atoms with van der Waals surface area (Å²) in [5.41, 5.74) is 3.74. The standard InChI is InChI=1S/C19H22N4O/c1-12-8-15-11-16(9-12)23(15)19(24)21-14-6-5-13(2)17(10-14)18-4-3-7-20-22-18/h3-7,10,12,15-16H,8-9,11H2,1-2H3,(H,21,24)/t12?,15-,16?/m0/s1. The molecule has 0 radical (unpaired) electrons. The number of nitrogens with zero attached hydrogens (tertiary/aromatic N) is 3. The van der Waals surface area contributed by atoms with Crippen molar-refractivity contribution < 1.29 is 4.79 Å². The van der Waals surface area contributed by atoms with Crippen molar-refractivity contribution in [2.45, 2.75) is 45.2 Å². The van der Waals surface area contributed by atoms with E-state index in [0.717, 1.165) is 47.7 Å². The summed E-state index contributed by atoms with van der Waals surface area (Å²) in [6.45, 7) is 4.32. The number of nitrogens with one attached hydrogen (secondary N) is 1. The van der Waals surface area contributed by atoms with E-state index >= 15 is 0 Å². The second-order valence-electron chi connectivity index (χ2n) is 7.10. The Kier molecular flexibility index (Phi) is 3.71. The van der Waals surface area contributed by atoms with E-state index in [1.165, 1.54) is 0 Å². The second-order valence-corrected chi connectivity index (χ2v) is 7.10. The highest BCUT2D eigenvalue weighted by Gasteiger charge is 2.46. The van der Waals surface area contributed by atoms with Crippen LogP contribution in [0.5, 0.6) is 0 Å². The number of carbonyl (C=O) groups excluding carboxylic acids is 1. The Hall–Kier alpha value is -2.43. The lowest BCUT2D eigenvalue weighted by atomic mass is 9.74. The molecule has 2 aliphatic rings. The average molecular weight is 322 g/mol. The zero-order valence-corrected chi connectivity index (χ0v) is 14.1. The predicted molar refractivity (Wildman–Crippen MR) is 93.7 cm³/mol. The maximum Gasteiger partial charge on any atom is 0.322 e. The number of anilines is 1. The summed E-state index contributed by atoms with van der Waals surface area (Å²) in [6.07, 6.45) is 5.08. The molecular formula is C19H22N4O. The number of piperidine rings is 1. The van der Waals surface area contributed by atoms with Gasteiger partial charge in [0.05, 0.1) is 5.69 Å². The number of aryl methyl sites for hydroxylation is 1. The number of urea groups is 1. The fraction of sp³-hybridized carbons (Fsp3) is 0.421. The first-order valence-electron chi connectivity index (χ1n) is 8.60. The van der Waals surface area contributed by atoms with Crippen molar-refractivity contribution in [3.05, 3.63) is 42.1 Å². The van der Waals surface area contributed by atoms with E-state index in [1.54, 1.807) is 6.20 Å². The van der Waals surface area contributed by atoms with Crippen LogP contribution in [0.25, 0.3) is 11.3 Å². The molecule has 24 heavy (non-hydrogen) atoms. The molecule has 1 N–H and O–H groups in total. The second kappa shape index (κ2) is 5.89. The van der Waals surface area contributed by atoms with E-state index in [4.69, 9.17) is 0 Å². The van der Waals surface area contributed by atoms with Gasteiger partial charge in [-0.2, -0.15) is 10.2 Å². The molecule has 2 bridgehead atoms. The molecule has 2 aliphatic heterocycles. The molecule has 0 spiro atoms. The molecule has 3 atom stereocenters. The zero-order chi connectivity index (χ0) is 16.7. The molecule has 3 heterocycles. The maximum atomic E-state index is 12.6. The largest absolute Gasteiger partial charge is 0.322 e. The fourth-order valence-electron chi connectivity index (χ4n) is 4.09. The SMILES string of the molecule is Cc1ccc(NC(=O)N2C3CC(C)C[C@H]2C3)cc1-c1cccnn1. The summed E-state index contributed by atoms with van der Waals surface area (Å²) in [5, 5.41) is 11.2. The van der Waals surface area contributed by atoms with E-state index in [-0.39, 0.29) is 6.03 Å². The summed E-state index contributed by atoms with van der Waals surface area (Å²) in [6, 6.07) is 10.6. The quantitative estimate of drug-likeness (QED) is 0.913. The van der Waals surface area contributed by atoms with Crippen LogP contribution in [0.3, 0.4) is 0 Å². The molecule has 0 aliphatic carbocycles. The summed E-state index contributed by atoms with van der Waals surface area (Å²) < 4.78 is 0. The van der Waals surface area contributed by atoms with Gasteiger partial charge in [0, 0.05) is 29.5 Å². The Morgan fingerprint density at radius 1 is 1.21 bits per heavy atom. The topological polar surface area (TPSA) is 58.1 Å². The molecule has 124 valence electrons. The fourth-order valence-corrected chi connectivity index (χ4v) is 4.09. The van der Waals surface area contributed by atoms with Crippen molar-refractivity contribution >= 4 is 11.7 Å². The van der Waals surface area contributed by atoms with Gasteiger partial charge in [0.15, 0.2) is 0 Å². The van der Waals surface area contributed by atoms with Crippen LogP contribution in [-0.4, -0.2) is 33.2 Å². The Labute approximate surface area is 142 Å². The highest BCUT2D eigenvalue weighted by Crippen LogP contribution is 2.41. The number of fused-ring (bicyclic) bond motifs is 2. The molecule has 2 saturated heterocycles. The zero-order valence-electron chi connectivity index (χ0n) is 14.1. The number of amides is 2. The first-order chi connectivity index (χ1) is 11.6. The van der Waals surface area contributed by atoms with Crippen molar-refractivity contribution in [3.63, 3.8) is 0 Å². The van der Waals surface area contributed by atoms with Crippen molar-refractivity contribution in [2.24, 2.45) is 5.92 Å². The number of hydrogen-bond acceptors (Lipinski definition) is 3. The predicted octanol–water partition coefficient (Wildman–Crippen LogP) is 3.86. The van der Waals surface area contributed by atoms with E-state index in [1.807, 2.05) is 42.2 Å². The van der Waals surface area contributed by atoms with Crippen molar-refractivity contribution in [1.29, 1.82) is 0 Å². The van der Waals surface area contributed by atoms with Gasteiger partial charge in [-0.3, -0.25) is 0 Å². The molecular weight excluding hydrogens is 300 g/mol. The summed E-state index contributed by atoms with van der Waals surface area (Å²) >= 11 is 0. The van der Waals surface area contributed by atoms with Gasteiger partial charge in [-0.15, -0.1) is 0 Å². The maximum absolute atomic E-state index is 12.6. The smallest absolute Gasteiger partial charge is 0.318 e. The Morgan fingerprint density at radius 2 is 2.00 bits per heavy atom. The minimum Gasteiger partial charge on any atom is -0.318 e. The lowest BCUT2D eigenvalue weighted by molar-refractivity contribution is -0.00600. The molecule has 4 rings (SSSR count). The van der Waals surface area contributed by atoms with Gasteiger partial charge in [0.25, 0.3) is 0 Å². The minimum atomic E-state index is 0.0251. The van der Waals surface area contributed by atoms with Crippen LogP contribution in [0.4, 0.5) is 10.5 Å². The van der Waals surface area contributed by atoms with Crippen LogP contribution in [0.1, 0.15) is 31.7 Å². The number of benzene rings is 1. The normalized spacial score (nSPS) is 25.1. The van der Waals surface area contributed by atoms with Crippen LogP contribution < -0.4 is 5.32 Å². The number of aromatic nitrogens is 2. The highest BCUT2D eigenvalue weighted by atomic mass is 16.2. The highest BCUT2D eigenvalue weighted by molar-refractivity contribution is 5.91. The first kappa shape index (κ1) is 15.1. The third kappa shape index (κ3) is 2.64. The first-order valence-corrected chi connectivity index (χ1v) is 8.60. The van der Waals surface area contributed by atoms with Crippen molar-refractivity contribution in [3.8, 4) is 11.3 Å². The van der Waals surface area contributed by atoms with Crippen LogP contribution in [0.15, 0.2) is 36.5 Å². The molecule has 2 unspecified atom stereocenters. The van der Waals surface area contributed by atoms with E-state index in [0.29, 0.717) is 12.1 Å². The van der Waals surface area contributed by atoms with Gasteiger partial charge in [-0.25, -0.2) is 4.79 Å². The van der Waals surface area contributed by atoms with E-state index in [2.05, 4.69) is 22.4 Å². The van der Waals surface area contributed by atoms with Crippen LogP contribution >= 0.6 is 0 Å². The summed E-state index contributed by atoms with van der Waals surface area (Å²) in [5.74, 6) is 0.737. The molecule has 1 aromatic carbocycles. The molecule has 2 fully saturated rings. The van der Waals surface area contributed by atoms with Crippen LogP contribution in [-0.2, 0) is 0 Å². The lowest BCUT2D eigenvalue weighted by Gasteiger charge is -2.54. The lowest BCUT2D eigenvalue weighted by Crippen LogP contribution is -2.63.